The highest BCUT2D eigenvalue weighted by atomic mass is 16.2. The number of carbonyl (C=O) groups excluding carboxylic acids is 1. The SMILES string of the molecule is CCN1CCC(N2CCN(C)[C@@]3(CCC(=O)N(CC4CC4)CC3)C2)CC1. The fourth-order valence-electron chi connectivity index (χ4n) is 5.44. The first kappa shape index (κ1) is 18.7. The zero-order valence-corrected chi connectivity index (χ0v) is 17.0. The Bertz CT molecular complexity index is 500. The number of piperidine rings is 1. The number of likely N-dealkylation sites (N-methyl/N-ethyl adjacent to an activating group) is 1. The van der Waals surface area contributed by atoms with Gasteiger partial charge in [0.1, 0.15) is 0 Å². The molecule has 0 unspecified atom stereocenters. The molecule has 0 N–H and O–H groups in total. The monoisotopic (exact) mass is 362 g/mol. The summed E-state index contributed by atoms with van der Waals surface area (Å²) in [6, 6.07) is 0.755. The molecule has 0 aromatic carbocycles. The highest BCUT2D eigenvalue weighted by Crippen LogP contribution is 2.36. The number of nitrogens with zero attached hydrogens (tertiary/aromatic N) is 4. The van der Waals surface area contributed by atoms with Crippen molar-refractivity contribution >= 4 is 5.91 Å². The maximum absolute atomic E-state index is 12.7. The summed E-state index contributed by atoms with van der Waals surface area (Å²) in [6.07, 6.45) is 8.26. The molecule has 0 aromatic rings. The van der Waals surface area contributed by atoms with Crippen molar-refractivity contribution in [2.45, 2.75) is 63.5 Å². The van der Waals surface area contributed by atoms with Crippen molar-refractivity contribution in [3.8, 4) is 0 Å². The summed E-state index contributed by atoms with van der Waals surface area (Å²) in [6.45, 7) is 11.5. The van der Waals surface area contributed by atoms with Crippen molar-refractivity contribution in [3.63, 3.8) is 0 Å². The quantitative estimate of drug-likeness (QED) is 0.764. The van der Waals surface area contributed by atoms with E-state index in [-0.39, 0.29) is 5.54 Å². The molecule has 0 radical (unpaired) electrons. The van der Waals surface area contributed by atoms with E-state index in [1.807, 2.05) is 0 Å². The Labute approximate surface area is 159 Å². The van der Waals surface area contributed by atoms with E-state index in [2.05, 4.69) is 33.6 Å². The van der Waals surface area contributed by atoms with Gasteiger partial charge in [-0.2, -0.15) is 0 Å². The third kappa shape index (κ3) is 3.95. The highest BCUT2D eigenvalue weighted by molar-refractivity contribution is 5.76. The van der Waals surface area contributed by atoms with Crippen LogP contribution in [-0.2, 0) is 4.79 Å². The van der Waals surface area contributed by atoms with Crippen molar-refractivity contribution in [2.75, 3.05) is 59.4 Å². The standard InChI is InChI=1S/C21H38N4O/c1-3-23-11-7-19(8-12-23)25-15-14-22(2)21(17-25)9-6-20(26)24(13-10-21)16-18-4-5-18/h18-19H,3-17H2,1-2H3/t21-/m1/s1. The average Bonchev–Trinajstić information content (AvgIpc) is 3.50. The summed E-state index contributed by atoms with van der Waals surface area (Å²) in [4.78, 5) is 22.8. The number of rotatable bonds is 4. The fourth-order valence-corrected chi connectivity index (χ4v) is 5.44. The maximum atomic E-state index is 12.7. The molecule has 5 heteroatoms. The molecule has 3 aliphatic heterocycles. The molecule has 1 aliphatic carbocycles. The molecule has 1 spiro atoms. The third-order valence-corrected chi connectivity index (χ3v) is 7.73. The zero-order valence-electron chi connectivity index (χ0n) is 17.0. The van der Waals surface area contributed by atoms with Gasteiger partial charge in [-0.3, -0.25) is 14.6 Å². The van der Waals surface area contributed by atoms with Crippen molar-refractivity contribution in [3.05, 3.63) is 0 Å². The lowest BCUT2D eigenvalue weighted by Crippen LogP contribution is -2.63. The maximum Gasteiger partial charge on any atom is 0.222 e. The van der Waals surface area contributed by atoms with E-state index in [0.29, 0.717) is 5.91 Å². The molecule has 1 amide bonds. The van der Waals surface area contributed by atoms with E-state index < -0.39 is 0 Å². The number of likely N-dealkylation sites (tertiary alicyclic amines) is 2. The normalized spacial score (nSPS) is 33.8. The van der Waals surface area contributed by atoms with E-state index in [1.54, 1.807) is 0 Å². The van der Waals surface area contributed by atoms with Gasteiger partial charge in [0.25, 0.3) is 0 Å². The molecule has 0 aromatic heterocycles. The predicted molar refractivity (Wildman–Crippen MR) is 105 cm³/mol. The van der Waals surface area contributed by atoms with Crippen LogP contribution in [0, 0.1) is 5.92 Å². The Morgan fingerprint density at radius 3 is 2.46 bits per heavy atom. The third-order valence-electron chi connectivity index (χ3n) is 7.73. The molecule has 148 valence electrons. The molecular formula is C21H38N4O. The Kier molecular flexibility index (Phi) is 5.58. The summed E-state index contributed by atoms with van der Waals surface area (Å²) in [5.41, 5.74) is 0.216. The van der Waals surface area contributed by atoms with Crippen LogP contribution in [0.3, 0.4) is 0 Å². The molecule has 0 bridgehead atoms. The van der Waals surface area contributed by atoms with Gasteiger partial charge in [-0.25, -0.2) is 0 Å². The van der Waals surface area contributed by atoms with Crippen molar-refractivity contribution in [1.82, 2.24) is 19.6 Å². The minimum Gasteiger partial charge on any atom is -0.342 e. The number of carbonyl (C=O) groups is 1. The summed E-state index contributed by atoms with van der Waals surface area (Å²) in [5.74, 6) is 1.22. The van der Waals surface area contributed by atoms with Gasteiger partial charge in [0.15, 0.2) is 0 Å². The van der Waals surface area contributed by atoms with Crippen LogP contribution in [0.5, 0.6) is 0 Å². The second-order valence-corrected chi connectivity index (χ2v) is 9.31. The lowest BCUT2D eigenvalue weighted by Gasteiger charge is -2.52. The molecule has 4 rings (SSSR count). The lowest BCUT2D eigenvalue weighted by molar-refractivity contribution is -0.131. The molecule has 1 saturated carbocycles. The van der Waals surface area contributed by atoms with Crippen molar-refractivity contribution < 1.29 is 4.79 Å². The van der Waals surface area contributed by atoms with Gasteiger partial charge in [0.2, 0.25) is 5.91 Å². The van der Waals surface area contributed by atoms with Crippen LogP contribution >= 0.6 is 0 Å². The van der Waals surface area contributed by atoms with Gasteiger partial charge < -0.3 is 9.80 Å². The fraction of sp³-hybridized carbons (Fsp3) is 0.952. The van der Waals surface area contributed by atoms with Crippen LogP contribution in [0.25, 0.3) is 0 Å². The van der Waals surface area contributed by atoms with E-state index in [1.165, 1.54) is 58.4 Å². The second kappa shape index (κ2) is 7.76. The molecule has 4 fully saturated rings. The average molecular weight is 363 g/mol. The number of amides is 1. The Hall–Kier alpha value is -0.650. The summed E-state index contributed by atoms with van der Waals surface area (Å²) in [5, 5.41) is 0. The summed E-state index contributed by atoms with van der Waals surface area (Å²) in [7, 11) is 2.30. The van der Waals surface area contributed by atoms with Gasteiger partial charge >= 0.3 is 0 Å². The van der Waals surface area contributed by atoms with E-state index in [0.717, 1.165) is 50.9 Å². The molecule has 5 nitrogen and oxygen atoms in total. The van der Waals surface area contributed by atoms with Gasteiger partial charge in [0, 0.05) is 50.7 Å². The molecule has 1 atom stereocenters. The Balaban J connectivity index is 1.40. The number of hydrogen-bond donors (Lipinski definition) is 0. The van der Waals surface area contributed by atoms with Gasteiger partial charge in [-0.15, -0.1) is 0 Å². The number of hydrogen-bond acceptors (Lipinski definition) is 4. The van der Waals surface area contributed by atoms with Crippen LogP contribution < -0.4 is 0 Å². The van der Waals surface area contributed by atoms with E-state index in [4.69, 9.17) is 0 Å². The van der Waals surface area contributed by atoms with Gasteiger partial charge in [0.05, 0.1) is 0 Å². The van der Waals surface area contributed by atoms with Crippen LogP contribution in [0.2, 0.25) is 0 Å². The first-order chi connectivity index (χ1) is 12.6. The van der Waals surface area contributed by atoms with Crippen molar-refractivity contribution in [1.29, 1.82) is 0 Å². The van der Waals surface area contributed by atoms with Crippen LogP contribution in [0.4, 0.5) is 0 Å². The molecule has 3 saturated heterocycles. The lowest BCUT2D eigenvalue weighted by atomic mass is 9.85. The minimum atomic E-state index is 0.216. The second-order valence-electron chi connectivity index (χ2n) is 9.31. The smallest absolute Gasteiger partial charge is 0.222 e. The van der Waals surface area contributed by atoms with Gasteiger partial charge in [-0.1, -0.05) is 6.92 Å². The molecule has 3 heterocycles. The van der Waals surface area contributed by atoms with Crippen molar-refractivity contribution in [2.24, 2.45) is 5.92 Å². The first-order valence-electron chi connectivity index (χ1n) is 11.0. The first-order valence-corrected chi connectivity index (χ1v) is 11.0. The van der Waals surface area contributed by atoms with Crippen LogP contribution in [0.15, 0.2) is 0 Å². The Morgan fingerprint density at radius 1 is 1.00 bits per heavy atom. The molecule has 4 aliphatic rings. The highest BCUT2D eigenvalue weighted by Gasteiger charge is 2.44. The molecular weight excluding hydrogens is 324 g/mol. The summed E-state index contributed by atoms with van der Waals surface area (Å²) < 4.78 is 0. The topological polar surface area (TPSA) is 30.0 Å². The van der Waals surface area contributed by atoms with Crippen LogP contribution in [0.1, 0.15) is 51.9 Å². The number of piperazine rings is 1. The van der Waals surface area contributed by atoms with E-state index >= 15 is 0 Å². The summed E-state index contributed by atoms with van der Waals surface area (Å²) >= 11 is 0. The Morgan fingerprint density at radius 2 is 1.77 bits per heavy atom. The largest absolute Gasteiger partial charge is 0.342 e. The predicted octanol–water partition coefficient (Wildman–Crippen LogP) is 1.88. The zero-order chi connectivity index (χ0) is 18.1. The molecule has 26 heavy (non-hydrogen) atoms. The van der Waals surface area contributed by atoms with Crippen LogP contribution in [-0.4, -0.2) is 96.5 Å². The van der Waals surface area contributed by atoms with E-state index in [9.17, 15) is 4.79 Å². The van der Waals surface area contributed by atoms with Gasteiger partial charge in [-0.05, 0) is 71.1 Å². The minimum absolute atomic E-state index is 0.216.